The highest BCUT2D eigenvalue weighted by molar-refractivity contribution is 6.04. The van der Waals surface area contributed by atoms with Gasteiger partial charge < -0.3 is 5.41 Å². The highest BCUT2D eigenvalue weighted by Gasteiger charge is 2.27. The third-order valence-corrected chi connectivity index (χ3v) is 2.22. The summed E-state index contributed by atoms with van der Waals surface area (Å²) in [6.45, 7) is 12.6. The van der Waals surface area contributed by atoms with E-state index >= 15 is 0 Å². The van der Waals surface area contributed by atoms with Gasteiger partial charge in [0.05, 0.1) is 0 Å². The van der Waals surface area contributed by atoms with Crippen molar-refractivity contribution in [2.75, 3.05) is 7.05 Å². The van der Waals surface area contributed by atoms with Crippen molar-refractivity contribution in [3.8, 4) is 0 Å². The molecule has 0 rings (SSSR count). The van der Waals surface area contributed by atoms with Gasteiger partial charge >= 0.3 is 0 Å². The van der Waals surface area contributed by atoms with Gasteiger partial charge in [0, 0.05) is 24.4 Å². The molecule has 0 saturated heterocycles. The maximum atomic E-state index is 8.20. The number of nitrogens with zero attached hydrogens (tertiary/aromatic N) is 1. The lowest BCUT2D eigenvalue weighted by Gasteiger charge is -2.30. The largest absolute Gasteiger partial charge is 0.304 e. The average Bonchev–Trinajstić information content (AvgIpc) is 2.00. The lowest BCUT2D eigenvalue weighted by molar-refractivity contribution is 0.500. The van der Waals surface area contributed by atoms with Crippen LogP contribution in [0.4, 0.5) is 0 Å². The summed E-state index contributed by atoms with van der Waals surface area (Å²) >= 11 is 0. The van der Waals surface area contributed by atoms with Crippen LogP contribution in [0, 0.1) is 16.2 Å². The Morgan fingerprint density at radius 1 is 1.00 bits per heavy atom. The molecule has 86 valence electrons. The summed E-state index contributed by atoms with van der Waals surface area (Å²) in [5.41, 5.74) is 1.63. The van der Waals surface area contributed by atoms with Gasteiger partial charge in [-0.3, -0.25) is 4.99 Å². The van der Waals surface area contributed by atoms with Crippen molar-refractivity contribution in [3.05, 3.63) is 11.6 Å². The van der Waals surface area contributed by atoms with Crippen molar-refractivity contribution in [1.29, 1.82) is 5.41 Å². The van der Waals surface area contributed by atoms with Gasteiger partial charge in [-0.25, -0.2) is 0 Å². The Balaban J connectivity index is 5.25. The molecule has 0 aliphatic rings. The molecular weight excluding hydrogens is 184 g/mol. The zero-order valence-corrected chi connectivity index (χ0v) is 11.1. The molecule has 15 heavy (non-hydrogen) atoms. The summed E-state index contributed by atoms with van der Waals surface area (Å²) in [4.78, 5) is 3.96. The molecule has 0 fully saturated rings. The van der Waals surface area contributed by atoms with Gasteiger partial charge in [0.1, 0.15) is 0 Å². The monoisotopic (exact) mass is 208 g/mol. The minimum absolute atomic E-state index is 0.00838. The summed E-state index contributed by atoms with van der Waals surface area (Å²) in [6.07, 6.45) is 3.72. The first-order valence-electron chi connectivity index (χ1n) is 5.33. The number of hydrogen-bond donors (Lipinski definition) is 1. The van der Waals surface area contributed by atoms with E-state index < -0.39 is 0 Å². The molecule has 0 heterocycles. The Bertz CT molecular complexity index is 283. The number of allylic oxidation sites excluding steroid dienone is 2. The summed E-state index contributed by atoms with van der Waals surface area (Å²) < 4.78 is 0. The predicted molar refractivity (Wildman–Crippen MR) is 69.1 cm³/mol. The highest BCUT2D eigenvalue weighted by atomic mass is 14.6. The van der Waals surface area contributed by atoms with Crippen molar-refractivity contribution >= 4 is 11.9 Å². The molecule has 0 aromatic heterocycles. The summed E-state index contributed by atoms with van der Waals surface area (Å²) in [6, 6.07) is 0. The van der Waals surface area contributed by atoms with Crippen molar-refractivity contribution in [2.45, 2.75) is 41.5 Å². The first-order valence-corrected chi connectivity index (χ1v) is 5.33. The molecule has 0 aliphatic heterocycles. The zero-order valence-electron chi connectivity index (χ0n) is 11.1. The number of nitrogens with one attached hydrogen (secondary N) is 1. The van der Waals surface area contributed by atoms with Crippen LogP contribution in [0.5, 0.6) is 0 Å². The van der Waals surface area contributed by atoms with E-state index in [0.717, 1.165) is 5.57 Å². The van der Waals surface area contributed by atoms with Crippen LogP contribution < -0.4 is 0 Å². The summed E-state index contributed by atoms with van der Waals surface area (Å²) in [5.74, 6) is 0. The number of hydrogen-bond acceptors (Lipinski definition) is 2. The minimum atomic E-state index is -0.110. The molecular formula is C13H24N2. The lowest BCUT2D eigenvalue weighted by atomic mass is 9.75. The first-order chi connectivity index (χ1) is 6.60. The van der Waals surface area contributed by atoms with Crippen molar-refractivity contribution in [2.24, 2.45) is 15.8 Å². The van der Waals surface area contributed by atoms with Crippen LogP contribution in [-0.4, -0.2) is 19.0 Å². The SMILES string of the molecule is C/N=C\C=C(/C(=N)C(C)(C)C)C(C)(C)C. The van der Waals surface area contributed by atoms with Crippen molar-refractivity contribution in [3.63, 3.8) is 0 Å². The lowest BCUT2D eigenvalue weighted by Crippen LogP contribution is -2.28. The van der Waals surface area contributed by atoms with E-state index in [-0.39, 0.29) is 10.8 Å². The molecule has 0 radical (unpaired) electrons. The molecule has 0 saturated carbocycles. The Morgan fingerprint density at radius 3 is 1.73 bits per heavy atom. The Labute approximate surface area is 94.0 Å². The predicted octanol–water partition coefficient (Wildman–Crippen LogP) is 3.73. The van der Waals surface area contributed by atoms with E-state index in [1.54, 1.807) is 13.3 Å². The van der Waals surface area contributed by atoms with Crippen LogP contribution in [-0.2, 0) is 0 Å². The Kier molecular flexibility index (Phi) is 4.44. The standard InChI is InChI=1S/C13H24N2/c1-12(2,3)10(8-9-15-7)11(14)13(4,5)6/h8-9,14H,1-7H3/b10-8+,14-11?,15-9-. The Hall–Kier alpha value is -0.920. The van der Waals surface area contributed by atoms with Gasteiger partial charge in [-0.2, -0.15) is 0 Å². The number of rotatable bonds is 2. The van der Waals surface area contributed by atoms with Gasteiger partial charge in [-0.15, -0.1) is 0 Å². The molecule has 2 heteroatoms. The van der Waals surface area contributed by atoms with Crippen LogP contribution in [0.15, 0.2) is 16.6 Å². The topological polar surface area (TPSA) is 36.2 Å². The molecule has 0 aliphatic carbocycles. The van der Waals surface area contributed by atoms with Crippen LogP contribution in [0.1, 0.15) is 41.5 Å². The molecule has 0 unspecified atom stereocenters. The first kappa shape index (κ1) is 14.1. The normalized spacial score (nSPS) is 14.7. The quantitative estimate of drug-likeness (QED) is 0.671. The van der Waals surface area contributed by atoms with Gasteiger partial charge in [-0.05, 0) is 17.1 Å². The molecule has 0 amide bonds. The second-order valence-corrected chi connectivity index (χ2v) is 5.86. The average molecular weight is 208 g/mol. The zero-order chi connectivity index (χ0) is 12.3. The van der Waals surface area contributed by atoms with Gasteiger partial charge in [0.25, 0.3) is 0 Å². The smallest absolute Gasteiger partial charge is 0.0405 e. The third kappa shape index (κ3) is 4.41. The summed E-state index contributed by atoms with van der Waals surface area (Å²) in [5, 5.41) is 8.20. The second-order valence-electron chi connectivity index (χ2n) is 5.86. The fraction of sp³-hybridized carbons (Fsp3) is 0.692. The summed E-state index contributed by atoms with van der Waals surface area (Å²) in [7, 11) is 1.75. The van der Waals surface area contributed by atoms with Crippen LogP contribution in [0.25, 0.3) is 0 Å². The van der Waals surface area contributed by atoms with E-state index in [0.29, 0.717) is 5.71 Å². The third-order valence-electron chi connectivity index (χ3n) is 2.22. The molecule has 0 bridgehead atoms. The van der Waals surface area contributed by atoms with E-state index in [9.17, 15) is 0 Å². The van der Waals surface area contributed by atoms with Gasteiger partial charge in [-0.1, -0.05) is 41.5 Å². The van der Waals surface area contributed by atoms with E-state index in [1.165, 1.54) is 0 Å². The van der Waals surface area contributed by atoms with E-state index in [2.05, 4.69) is 46.5 Å². The molecule has 0 atom stereocenters. The number of aliphatic imine (C=N–C) groups is 1. The molecule has 1 N–H and O–H groups in total. The highest BCUT2D eigenvalue weighted by Crippen LogP contribution is 2.32. The Morgan fingerprint density at radius 2 is 1.47 bits per heavy atom. The van der Waals surface area contributed by atoms with Crippen LogP contribution in [0.2, 0.25) is 0 Å². The molecule has 2 nitrogen and oxygen atoms in total. The van der Waals surface area contributed by atoms with E-state index in [1.807, 2.05) is 6.08 Å². The second kappa shape index (κ2) is 4.73. The van der Waals surface area contributed by atoms with Crippen LogP contribution in [0.3, 0.4) is 0 Å². The van der Waals surface area contributed by atoms with Gasteiger partial charge in [0.2, 0.25) is 0 Å². The molecule has 0 aromatic carbocycles. The minimum Gasteiger partial charge on any atom is -0.304 e. The molecule has 0 aromatic rings. The van der Waals surface area contributed by atoms with Crippen molar-refractivity contribution in [1.82, 2.24) is 0 Å². The van der Waals surface area contributed by atoms with Crippen LogP contribution >= 0.6 is 0 Å². The van der Waals surface area contributed by atoms with Crippen molar-refractivity contribution < 1.29 is 0 Å². The fourth-order valence-electron chi connectivity index (χ4n) is 1.26. The maximum absolute atomic E-state index is 8.20. The van der Waals surface area contributed by atoms with Gasteiger partial charge in [0.15, 0.2) is 0 Å². The fourth-order valence-corrected chi connectivity index (χ4v) is 1.26. The maximum Gasteiger partial charge on any atom is 0.0405 e. The molecule has 0 spiro atoms. The van der Waals surface area contributed by atoms with E-state index in [4.69, 9.17) is 5.41 Å².